The highest BCUT2D eigenvalue weighted by molar-refractivity contribution is 5.88. The number of nitrogens with one attached hydrogen (secondary N) is 5. The van der Waals surface area contributed by atoms with Crippen LogP contribution >= 0.6 is 0 Å². The number of imidazole rings is 1. The van der Waals surface area contributed by atoms with Crippen molar-refractivity contribution in [1.82, 2.24) is 41.0 Å². The van der Waals surface area contributed by atoms with Crippen LogP contribution in [0.1, 0.15) is 91.2 Å². The number of ether oxygens (including phenoxy) is 3. The van der Waals surface area contributed by atoms with Crippen LogP contribution in [-0.2, 0) is 23.8 Å². The molecule has 0 bridgehead atoms. The Kier molecular flexibility index (Phi) is 12.1. The van der Waals surface area contributed by atoms with Gasteiger partial charge < -0.3 is 50.3 Å². The molecule has 1 aromatic heterocycles. The fraction of sp³-hybridized carbons (Fsp3) is 0.735. The molecule has 2 unspecified atom stereocenters. The number of alkyl carbamates (subject to hydrolysis) is 2. The Balaban J connectivity index is 1.68. The van der Waals surface area contributed by atoms with Crippen molar-refractivity contribution < 1.29 is 33.4 Å². The summed E-state index contributed by atoms with van der Waals surface area (Å²) in [5.74, 6) is 0.374. The summed E-state index contributed by atoms with van der Waals surface area (Å²) >= 11 is 0. The highest BCUT2D eigenvalue weighted by Crippen LogP contribution is 2.43. The van der Waals surface area contributed by atoms with Gasteiger partial charge in [-0.1, -0.05) is 41.5 Å². The van der Waals surface area contributed by atoms with Gasteiger partial charge in [-0.2, -0.15) is 0 Å². The molecule has 4 rings (SSSR count). The van der Waals surface area contributed by atoms with E-state index >= 15 is 0 Å². The second-order valence-electron chi connectivity index (χ2n) is 14.5. The van der Waals surface area contributed by atoms with Gasteiger partial charge in [-0.05, 0) is 49.4 Å². The zero-order chi connectivity index (χ0) is 36.2. The van der Waals surface area contributed by atoms with Crippen LogP contribution in [0.25, 0.3) is 0 Å². The normalized spacial score (nSPS) is 24.2. The molecule has 0 radical (unpaired) electrons. The van der Waals surface area contributed by atoms with E-state index in [1.807, 2.05) is 26.2 Å². The molecule has 2 saturated heterocycles. The lowest BCUT2D eigenvalue weighted by Crippen LogP contribution is -2.59. The maximum Gasteiger partial charge on any atom is 0.407 e. The summed E-state index contributed by atoms with van der Waals surface area (Å²) in [6.45, 7) is 14.7. The van der Waals surface area contributed by atoms with Crippen molar-refractivity contribution in [2.24, 2.45) is 17.3 Å². The Morgan fingerprint density at radius 3 is 2.20 bits per heavy atom. The number of amides is 4. The smallest absolute Gasteiger partial charge is 0.407 e. The Bertz CT molecular complexity index is 1380. The standard InChI is InChI=1S/C34H56N8O7/c1-18(2)22-15-35-28(37-22)24-12-11-13-41(24)31(44)27(40-33(46)49-10)34(6,7)21-14-25(29-36-16-23(38-29)19(3)4)42(17-21)30(43)26(20(5)47-8)39-32(45)48-9/h15-16,18-21,24-27,29,36,38H,11-14,17H2,1-10H3,(H,35,37)(H,39,45)(H,40,46)/t20-,21?,24+,25+,26+,27-,29?/m1/s1. The Morgan fingerprint density at radius 1 is 0.959 bits per heavy atom. The molecule has 7 atom stereocenters. The van der Waals surface area contributed by atoms with Crippen molar-refractivity contribution in [3.63, 3.8) is 0 Å². The molecule has 0 aromatic carbocycles. The molecular weight excluding hydrogens is 632 g/mol. The van der Waals surface area contributed by atoms with Crippen molar-refractivity contribution in [3.8, 4) is 0 Å². The lowest BCUT2D eigenvalue weighted by Gasteiger charge is -2.41. The lowest BCUT2D eigenvalue weighted by atomic mass is 9.71. The molecule has 1 aromatic rings. The van der Waals surface area contributed by atoms with Crippen molar-refractivity contribution in [2.45, 2.75) is 110 Å². The fourth-order valence-corrected chi connectivity index (χ4v) is 7.11. The largest absolute Gasteiger partial charge is 0.453 e. The number of hydrogen-bond donors (Lipinski definition) is 5. The van der Waals surface area contributed by atoms with Crippen LogP contribution < -0.4 is 21.3 Å². The van der Waals surface area contributed by atoms with Gasteiger partial charge in [-0.3, -0.25) is 9.59 Å². The Hall–Kier alpha value is -4.01. The minimum absolute atomic E-state index is 0.225. The number of hydrogen-bond acceptors (Lipinski definition) is 10. The summed E-state index contributed by atoms with van der Waals surface area (Å²) in [4.78, 5) is 65.7. The predicted octanol–water partition coefficient (Wildman–Crippen LogP) is 2.94. The summed E-state index contributed by atoms with van der Waals surface area (Å²) in [6.07, 6.45) is 3.34. The quantitative estimate of drug-likeness (QED) is 0.219. The number of rotatable bonds is 12. The summed E-state index contributed by atoms with van der Waals surface area (Å²) in [5, 5.41) is 12.5. The first kappa shape index (κ1) is 37.8. The number of aromatic amines is 1. The van der Waals surface area contributed by atoms with E-state index in [2.05, 4.69) is 58.9 Å². The summed E-state index contributed by atoms with van der Waals surface area (Å²) in [5.41, 5.74) is 1.14. The Morgan fingerprint density at radius 2 is 1.63 bits per heavy atom. The number of likely N-dealkylation sites (tertiary alicyclic amines) is 2. The van der Waals surface area contributed by atoms with Gasteiger partial charge in [0.2, 0.25) is 11.8 Å². The van der Waals surface area contributed by atoms with E-state index in [9.17, 15) is 19.2 Å². The first-order chi connectivity index (χ1) is 23.1. The van der Waals surface area contributed by atoms with E-state index in [4.69, 9.17) is 14.2 Å². The van der Waals surface area contributed by atoms with Gasteiger partial charge in [-0.15, -0.1) is 0 Å². The van der Waals surface area contributed by atoms with E-state index in [0.717, 1.165) is 30.1 Å². The molecule has 274 valence electrons. The molecule has 49 heavy (non-hydrogen) atoms. The first-order valence-corrected chi connectivity index (χ1v) is 17.2. The van der Waals surface area contributed by atoms with Gasteiger partial charge in [0.25, 0.3) is 0 Å². The molecule has 0 spiro atoms. The molecule has 3 aliphatic heterocycles. The van der Waals surface area contributed by atoms with Gasteiger partial charge in [0, 0.05) is 44.0 Å². The lowest BCUT2D eigenvalue weighted by molar-refractivity contribution is -0.139. The third-order valence-electron chi connectivity index (χ3n) is 10.5. The van der Waals surface area contributed by atoms with Crippen molar-refractivity contribution in [2.75, 3.05) is 34.4 Å². The maximum atomic E-state index is 14.6. The van der Waals surface area contributed by atoms with Crippen LogP contribution in [0.15, 0.2) is 18.1 Å². The van der Waals surface area contributed by atoms with Crippen LogP contribution in [0.2, 0.25) is 0 Å². The molecule has 5 N–H and O–H groups in total. The minimum Gasteiger partial charge on any atom is -0.453 e. The number of carbonyl (C=O) groups excluding carboxylic acids is 4. The van der Waals surface area contributed by atoms with E-state index in [0.29, 0.717) is 13.0 Å². The average molecular weight is 689 g/mol. The van der Waals surface area contributed by atoms with Crippen molar-refractivity contribution in [1.29, 1.82) is 0 Å². The van der Waals surface area contributed by atoms with E-state index in [1.54, 1.807) is 16.7 Å². The number of H-pyrrole nitrogens is 1. The monoisotopic (exact) mass is 688 g/mol. The SMILES string of the molecule is COC(=O)N[C@H](C(=O)N1CC(C(C)(C)[C@H](NC(=O)OC)C(=O)N2CCC[C@H]2c2ncc(C(C)C)[nH]2)C[C@H]1C1NC=C(C(C)C)N1)[C@@H](C)OC. The molecule has 4 amide bonds. The summed E-state index contributed by atoms with van der Waals surface area (Å²) in [7, 11) is 3.98. The van der Waals surface area contributed by atoms with Gasteiger partial charge in [0.05, 0.1) is 32.4 Å². The molecule has 0 aliphatic carbocycles. The van der Waals surface area contributed by atoms with Crippen LogP contribution in [0.4, 0.5) is 9.59 Å². The second-order valence-corrected chi connectivity index (χ2v) is 14.5. The molecular formula is C34H56N8O7. The molecule has 0 saturated carbocycles. The molecule has 4 heterocycles. The zero-order valence-electron chi connectivity index (χ0n) is 30.6. The average Bonchev–Trinajstić information content (AvgIpc) is 3.89. The van der Waals surface area contributed by atoms with Crippen LogP contribution in [-0.4, -0.2) is 109 Å². The molecule has 15 heteroatoms. The highest BCUT2D eigenvalue weighted by atomic mass is 16.5. The molecule has 15 nitrogen and oxygen atoms in total. The summed E-state index contributed by atoms with van der Waals surface area (Å²) in [6, 6.07) is -2.64. The van der Waals surface area contributed by atoms with E-state index < -0.39 is 35.8 Å². The van der Waals surface area contributed by atoms with E-state index in [-0.39, 0.29) is 54.4 Å². The first-order valence-electron chi connectivity index (χ1n) is 17.2. The van der Waals surface area contributed by atoms with Gasteiger partial charge in [0.1, 0.15) is 24.1 Å². The predicted molar refractivity (Wildman–Crippen MR) is 182 cm³/mol. The van der Waals surface area contributed by atoms with Gasteiger partial charge in [-0.25, -0.2) is 14.6 Å². The highest BCUT2D eigenvalue weighted by Gasteiger charge is 2.53. The van der Waals surface area contributed by atoms with Crippen LogP contribution in [0, 0.1) is 17.3 Å². The number of allylic oxidation sites excluding steroid dienone is 1. The maximum absolute atomic E-state index is 14.6. The number of nitrogens with zero attached hydrogens (tertiary/aromatic N) is 3. The number of methoxy groups -OCH3 is 3. The number of aromatic nitrogens is 2. The van der Waals surface area contributed by atoms with Crippen LogP contribution in [0.5, 0.6) is 0 Å². The minimum atomic E-state index is -1.03. The summed E-state index contributed by atoms with van der Waals surface area (Å²) < 4.78 is 15.3. The Labute approximate surface area is 289 Å². The molecule has 3 aliphatic rings. The van der Waals surface area contributed by atoms with Gasteiger partial charge >= 0.3 is 12.2 Å². The fourth-order valence-electron chi connectivity index (χ4n) is 7.11. The van der Waals surface area contributed by atoms with Crippen molar-refractivity contribution in [3.05, 3.63) is 29.6 Å². The third kappa shape index (κ3) is 8.08. The molecule has 2 fully saturated rings. The third-order valence-corrected chi connectivity index (χ3v) is 10.5. The zero-order valence-corrected chi connectivity index (χ0v) is 30.6. The van der Waals surface area contributed by atoms with Crippen molar-refractivity contribution >= 4 is 24.0 Å². The van der Waals surface area contributed by atoms with E-state index in [1.165, 1.54) is 21.3 Å². The van der Waals surface area contributed by atoms with Gasteiger partial charge in [0.15, 0.2) is 0 Å². The number of carbonyl (C=O) groups is 4. The van der Waals surface area contributed by atoms with Crippen LogP contribution in [0.3, 0.4) is 0 Å². The second kappa shape index (κ2) is 15.7. The topological polar surface area (TPSA) is 179 Å².